The molecule has 0 aromatic heterocycles. The third kappa shape index (κ3) is 6.30. The maximum atomic E-state index is 12.4. The van der Waals surface area contributed by atoms with Crippen LogP contribution in [-0.2, 0) is 22.7 Å². The Kier molecular flexibility index (Phi) is 7.29. The third-order valence-corrected chi connectivity index (χ3v) is 4.67. The Morgan fingerprint density at radius 2 is 1.50 bits per heavy atom. The first-order valence-corrected chi connectivity index (χ1v) is 9.63. The highest BCUT2D eigenvalue weighted by atomic mass is 16.6. The van der Waals surface area contributed by atoms with Crippen molar-refractivity contribution in [3.8, 4) is 0 Å². The fourth-order valence-corrected chi connectivity index (χ4v) is 3.17. The molecule has 2 amide bonds. The zero-order valence-electron chi connectivity index (χ0n) is 15.9. The van der Waals surface area contributed by atoms with Crippen molar-refractivity contribution in [2.75, 3.05) is 13.1 Å². The minimum Gasteiger partial charge on any atom is -0.445 e. The van der Waals surface area contributed by atoms with Crippen molar-refractivity contribution in [1.82, 2.24) is 10.2 Å². The summed E-state index contributed by atoms with van der Waals surface area (Å²) in [6.07, 6.45) is 1.82. The van der Waals surface area contributed by atoms with Gasteiger partial charge >= 0.3 is 12.2 Å². The van der Waals surface area contributed by atoms with Crippen LogP contribution in [0.1, 0.15) is 30.4 Å². The maximum Gasteiger partial charge on any atom is 0.410 e. The van der Waals surface area contributed by atoms with Crippen LogP contribution in [0.2, 0.25) is 0 Å². The molecule has 2 aromatic rings. The molecule has 0 unspecified atom stereocenters. The molecule has 6 nitrogen and oxygen atoms in total. The van der Waals surface area contributed by atoms with Gasteiger partial charge in [0, 0.05) is 19.1 Å². The lowest BCUT2D eigenvalue weighted by Crippen LogP contribution is -2.44. The van der Waals surface area contributed by atoms with Crippen LogP contribution in [-0.4, -0.2) is 36.2 Å². The van der Waals surface area contributed by atoms with Crippen LogP contribution in [0.5, 0.6) is 0 Å². The van der Waals surface area contributed by atoms with E-state index in [9.17, 15) is 9.59 Å². The molecule has 1 fully saturated rings. The molecule has 3 rings (SSSR count). The number of likely N-dealkylation sites (tertiary alicyclic amines) is 1. The Labute approximate surface area is 165 Å². The molecular weight excluding hydrogens is 356 g/mol. The van der Waals surface area contributed by atoms with Gasteiger partial charge in [-0.3, -0.25) is 0 Å². The van der Waals surface area contributed by atoms with Gasteiger partial charge in [-0.25, -0.2) is 9.59 Å². The minimum atomic E-state index is -0.464. The Hall–Kier alpha value is -3.02. The molecule has 148 valence electrons. The van der Waals surface area contributed by atoms with E-state index < -0.39 is 6.09 Å². The van der Waals surface area contributed by atoms with Crippen LogP contribution in [0, 0.1) is 0 Å². The van der Waals surface area contributed by atoms with Crippen molar-refractivity contribution in [3.63, 3.8) is 0 Å². The van der Waals surface area contributed by atoms with Crippen molar-refractivity contribution in [3.05, 3.63) is 71.8 Å². The topological polar surface area (TPSA) is 67.9 Å². The number of hydrogen-bond donors (Lipinski definition) is 1. The van der Waals surface area contributed by atoms with E-state index in [4.69, 9.17) is 9.47 Å². The van der Waals surface area contributed by atoms with Gasteiger partial charge in [0.15, 0.2) is 0 Å². The standard InChI is InChI=1S/C22H26N2O4/c25-21(27-16-18-9-3-1-4-10-18)23-20-13-7-8-14-24(15-20)22(26)28-17-19-11-5-2-6-12-19/h1-6,9-12,20H,7-8,13-17H2,(H,23,25)/t20-/m0/s1. The molecule has 1 aliphatic heterocycles. The van der Waals surface area contributed by atoms with Crippen molar-refractivity contribution in [1.29, 1.82) is 0 Å². The molecule has 1 saturated heterocycles. The summed E-state index contributed by atoms with van der Waals surface area (Å²) in [5.41, 5.74) is 1.88. The Balaban J connectivity index is 1.46. The van der Waals surface area contributed by atoms with Crippen LogP contribution in [0.4, 0.5) is 9.59 Å². The summed E-state index contributed by atoms with van der Waals surface area (Å²) in [6, 6.07) is 19.0. The number of benzene rings is 2. The van der Waals surface area contributed by atoms with Gasteiger partial charge in [0.05, 0.1) is 0 Å². The first kappa shape index (κ1) is 19.7. The van der Waals surface area contributed by atoms with Crippen molar-refractivity contribution < 1.29 is 19.1 Å². The van der Waals surface area contributed by atoms with E-state index in [2.05, 4.69) is 5.32 Å². The first-order chi connectivity index (χ1) is 13.7. The number of amides is 2. The Bertz CT molecular complexity index is 752. The van der Waals surface area contributed by atoms with E-state index in [0.29, 0.717) is 13.1 Å². The Morgan fingerprint density at radius 3 is 2.14 bits per heavy atom. The van der Waals surface area contributed by atoms with Gasteiger partial charge in [0.25, 0.3) is 0 Å². The summed E-state index contributed by atoms with van der Waals surface area (Å²) in [6.45, 7) is 1.52. The van der Waals surface area contributed by atoms with E-state index in [1.165, 1.54) is 0 Å². The van der Waals surface area contributed by atoms with Crippen LogP contribution in [0.3, 0.4) is 0 Å². The molecular formula is C22H26N2O4. The lowest BCUT2D eigenvalue weighted by atomic mass is 10.1. The van der Waals surface area contributed by atoms with Crippen LogP contribution in [0.25, 0.3) is 0 Å². The number of rotatable bonds is 5. The van der Waals surface area contributed by atoms with Crippen LogP contribution < -0.4 is 5.32 Å². The maximum absolute atomic E-state index is 12.4. The molecule has 0 spiro atoms. The smallest absolute Gasteiger partial charge is 0.410 e. The third-order valence-electron chi connectivity index (χ3n) is 4.67. The highest BCUT2D eigenvalue weighted by molar-refractivity contribution is 5.69. The van der Waals surface area contributed by atoms with Gasteiger partial charge in [-0.1, -0.05) is 60.7 Å². The van der Waals surface area contributed by atoms with Crippen molar-refractivity contribution in [2.45, 2.75) is 38.5 Å². The number of nitrogens with one attached hydrogen (secondary N) is 1. The fourth-order valence-electron chi connectivity index (χ4n) is 3.17. The number of alkyl carbamates (subject to hydrolysis) is 1. The molecule has 0 radical (unpaired) electrons. The van der Waals surface area contributed by atoms with Gasteiger partial charge in [0.1, 0.15) is 13.2 Å². The summed E-state index contributed by atoms with van der Waals surface area (Å²) >= 11 is 0. The zero-order chi connectivity index (χ0) is 19.6. The Morgan fingerprint density at radius 1 is 0.893 bits per heavy atom. The van der Waals surface area contributed by atoms with E-state index in [1.54, 1.807) is 4.90 Å². The quantitative estimate of drug-likeness (QED) is 0.845. The normalized spacial score (nSPS) is 16.7. The minimum absolute atomic E-state index is 0.143. The van der Waals surface area contributed by atoms with Crippen LogP contribution in [0.15, 0.2) is 60.7 Å². The van der Waals surface area contributed by atoms with Gasteiger partial charge in [-0.2, -0.15) is 0 Å². The number of nitrogens with zero attached hydrogens (tertiary/aromatic N) is 1. The van der Waals surface area contributed by atoms with E-state index in [0.717, 1.165) is 30.4 Å². The lowest BCUT2D eigenvalue weighted by Gasteiger charge is -2.24. The summed E-state index contributed by atoms with van der Waals surface area (Å²) in [7, 11) is 0. The van der Waals surface area contributed by atoms with Gasteiger partial charge in [0.2, 0.25) is 0 Å². The molecule has 0 bridgehead atoms. The number of ether oxygens (including phenoxy) is 2. The first-order valence-electron chi connectivity index (χ1n) is 9.63. The summed E-state index contributed by atoms with van der Waals surface area (Å²) < 4.78 is 10.7. The highest BCUT2D eigenvalue weighted by Crippen LogP contribution is 2.13. The molecule has 1 atom stereocenters. The SMILES string of the molecule is O=C(N[C@H]1CCCCN(C(=O)OCc2ccccc2)C1)OCc1ccccc1. The molecule has 28 heavy (non-hydrogen) atoms. The molecule has 6 heteroatoms. The number of carbonyl (C=O) groups is 2. The van der Waals surface area contributed by atoms with E-state index in [-0.39, 0.29) is 25.3 Å². The van der Waals surface area contributed by atoms with Gasteiger partial charge < -0.3 is 19.7 Å². The average molecular weight is 382 g/mol. The average Bonchev–Trinajstić information content (AvgIpc) is 2.97. The number of carbonyl (C=O) groups excluding carboxylic acids is 2. The van der Waals surface area contributed by atoms with E-state index in [1.807, 2.05) is 60.7 Å². The fraction of sp³-hybridized carbons (Fsp3) is 0.364. The predicted molar refractivity (Wildman–Crippen MR) is 106 cm³/mol. The molecule has 1 aliphatic rings. The second-order valence-corrected chi connectivity index (χ2v) is 6.88. The summed E-state index contributed by atoms with van der Waals surface area (Å²) in [4.78, 5) is 26.2. The lowest BCUT2D eigenvalue weighted by molar-refractivity contribution is 0.0927. The zero-order valence-corrected chi connectivity index (χ0v) is 15.9. The van der Waals surface area contributed by atoms with E-state index >= 15 is 0 Å². The summed E-state index contributed by atoms with van der Waals surface area (Å²) in [5.74, 6) is 0. The number of hydrogen-bond acceptors (Lipinski definition) is 4. The second kappa shape index (κ2) is 10.3. The summed E-state index contributed by atoms with van der Waals surface area (Å²) in [5, 5.41) is 2.88. The highest BCUT2D eigenvalue weighted by Gasteiger charge is 2.24. The second-order valence-electron chi connectivity index (χ2n) is 6.88. The van der Waals surface area contributed by atoms with Crippen molar-refractivity contribution in [2.24, 2.45) is 0 Å². The molecule has 1 heterocycles. The molecule has 2 aromatic carbocycles. The molecule has 0 aliphatic carbocycles. The molecule has 1 N–H and O–H groups in total. The van der Waals surface area contributed by atoms with Crippen LogP contribution >= 0.6 is 0 Å². The predicted octanol–water partition coefficient (Wildman–Crippen LogP) is 4.10. The monoisotopic (exact) mass is 382 g/mol. The van der Waals surface area contributed by atoms with Crippen molar-refractivity contribution >= 4 is 12.2 Å². The van der Waals surface area contributed by atoms with Gasteiger partial charge in [-0.05, 0) is 30.4 Å². The molecule has 0 saturated carbocycles. The largest absolute Gasteiger partial charge is 0.445 e. The van der Waals surface area contributed by atoms with Gasteiger partial charge in [-0.15, -0.1) is 0 Å².